The lowest BCUT2D eigenvalue weighted by atomic mass is 10.2. The van der Waals surface area contributed by atoms with Crippen molar-refractivity contribution in [1.29, 1.82) is 0 Å². The number of rotatable bonds is 0. The van der Waals surface area contributed by atoms with Gasteiger partial charge >= 0.3 is 0 Å². The van der Waals surface area contributed by atoms with Crippen molar-refractivity contribution in [2.45, 2.75) is 0 Å². The van der Waals surface area contributed by atoms with E-state index in [0.29, 0.717) is 10.7 Å². The zero-order valence-corrected chi connectivity index (χ0v) is 7.42. The minimum atomic E-state index is 0.389. The van der Waals surface area contributed by atoms with Gasteiger partial charge in [-0.3, -0.25) is 0 Å². The predicted molar refractivity (Wildman–Crippen MR) is 52.5 cm³/mol. The van der Waals surface area contributed by atoms with E-state index in [0.717, 1.165) is 10.9 Å². The lowest BCUT2D eigenvalue weighted by Gasteiger charge is -1.99. The van der Waals surface area contributed by atoms with Crippen LogP contribution in [0, 0.1) is 12.3 Å². The quantitative estimate of drug-likeness (QED) is 0.593. The lowest BCUT2D eigenvalue weighted by Crippen LogP contribution is -1.90. The summed E-state index contributed by atoms with van der Waals surface area (Å²) in [6.45, 7) is 0. The van der Waals surface area contributed by atoms with Crippen LogP contribution in [0.2, 0.25) is 5.02 Å². The van der Waals surface area contributed by atoms with Gasteiger partial charge in [-0.1, -0.05) is 29.8 Å². The van der Waals surface area contributed by atoms with Gasteiger partial charge in [0.15, 0.2) is 5.69 Å². The van der Waals surface area contributed by atoms with E-state index < -0.39 is 0 Å². The Morgan fingerprint density at radius 2 is 2.00 bits per heavy atom. The highest BCUT2D eigenvalue weighted by atomic mass is 35.5. The highest BCUT2D eigenvalue weighted by Crippen LogP contribution is 2.22. The van der Waals surface area contributed by atoms with Crippen molar-refractivity contribution < 1.29 is 0 Å². The highest BCUT2D eigenvalue weighted by Gasteiger charge is 2.04. The summed E-state index contributed by atoms with van der Waals surface area (Å²) < 4.78 is 0. The Balaban J connectivity index is 2.89. The third kappa shape index (κ3) is 1.24. The minimum absolute atomic E-state index is 0.389. The summed E-state index contributed by atoms with van der Waals surface area (Å²) in [5.41, 5.74) is 1.15. The van der Waals surface area contributed by atoms with Crippen LogP contribution in [0.25, 0.3) is 10.9 Å². The molecule has 0 spiro atoms. The molecule has 0 N–H and O–H groups in total. The first kappa shape index (κ1) is 8.03. The molecule has 1 aromatic carbocycles. The van der Waals surface area contributed by atoms with Gasteiger partial charge in [-0.05, 0) is 12.0 Å². The predicted octanol–water partition coefficient (Wildman–Crippen LogP) is 2.26. The fourth-order valence-corrected chi connectivity index (χ4v) is 1.37. The molecule has 1 heterocycles. The monoisotopic (exact) mass is 188 g/mol. The number of benzene rings is 1. The fourth-order valence-electron chi connectivity index (χ4n) is 1.11. The van der Waals surface area contributed by atoms with Crippen LogP contribution in [0.15, 0.2) is 24.3 Å². The van der Waals surface area contributed by atoms with Gasteiger partial charge in [0.25, 0.3) is 0 Å². The molecule has 0 bridgehead atoms. The van der Waals surface area contributed by atoms with Gasteiger partial charge in [-0.15, -0.1) is 16.6 Å². The van der Waals surface area contributed by atoms with Crippen LogP contribution in [-0.2, 0) is 0 Å². The molecule has 0 aliphatic heterocycles. The molecule has 62 valence electrons. The number of terminal acetylenes is 1. The molecule has 0 fully saturated rings. The van der Waals surface area contributed by atoms with Gasteiger partial charge in [0, 0.05) is 5.39 Å². The van der Waals surface area contributed by atoms with Crippen molar-refractivity contribution in [3.8, 4) is 12.3 Å². The lowest BCUT2D eigenvalue weighted by molar-refractivity contribution is 1.06. The van der Waals surface area contributed by atoms with Crippen LogP contribution < -0.4 is 0 Å². The minimum Gasteiger partial charge on any atom is -0.149 e. The molecule has 13 heavy (non-hydrogen) atoms. The topological polar surface area (TPSA) is 25.8 Å². The summed E-state index contributed by atoms with van der Waals surface area (Å²) in [7, 11) is 0. The van der Waals surface area contributed by atoms with Crippen LogP contribution in [0.4, 0.5) is 0 Å². The summed E-state index contributed by atoms with van der Waals surface area (Å²) >= 11 is 6.00. The van der Waals surface area contributed by atoms with E-state index in [1.165, 1.54) is 0 Å². The Morgan fingerprint density at radius 3 is 2.77 bits per heavy atom. The first-order valence-electron chi connectivity index (χ1n) is 3.70. The Labute approximate surface area is 80.6 Å². The van der Waals surface area contributed by atoms with E-state index in [-0.39, 0.29) is 0 Å². The third-order valence-electron chi connectivity index (χ3n) is 1.74. The molecule has 2 aromatic rings. The Kier molecular flexibility index (Phi) is 1.88. The molecule has 3 heteroatoms. The molecule has 2 nitrogen and oxygen atoms in total. The summed E-state index contributed by atoms with van der Waals surface area (Å²) in [6.07, 6.45) is 5.20. The molecule has 0 radical (unpaired) electrons. The van der Waals surface area contributed by atoms with Crippen molar-refractivity contribution in [3.05, 3.63) is 35.0 Å². The Hall–Kier alpha value is -1.59. The van der Waals surface area contributed by atoms with Gasteiger partial charge in [0.05, 0.1) is 10.5 Å². The second-order valence-corrected chi connectivity index (χ2v) is 2.90. The molecule has 1 aromatic heterocycles. The molecule has 0 saturated carbocycles. The normalized spacial score (nSPS) is 9.85. The van der Waals surface area contributed by atoms with E-state index in [2.05, 4.69) is 16.1 Å². The molecule has 2 rings (SSSR count). The number of aromatic nitrogens is 2. The van der Waals surface area contributed by atoms with E-state index in [1.807, 2.05) is 24.3 Å². The summed E-state index contributed by atoms with van der Waals surface area (Å²) in [5, 5.41) is 9.08. The Bertz CT molecular complexity index is 500. The maximum Gasteiger partial charge on any atom is 0.154 e. The second kappa shape index (κ2) is 3.04. The molecule has 0 amide bonds. The second-order valence-electron chi connectivity index (χ2n) is 2.52. The van der Waals surface area contributed by atoms with Crippen molar-refractivity contribution in [2.24, 2.45) is 0 Å². The third-order valence-corrected chi connectivity index (χ3v) is 2.13. The number of nitrogens with zero attached hydrogens (tertiary/aromatic N) is 2. The standard InChI is InChI=1S/C10H5ClN2/c1-2-8-10(11)7-5-3-4-6-9(7)13-12-8/h1,3-6H. The van der Waals surface area contributed by atoms with Gasteiger partial charge < -0.3 is 0 Å². The molecule has 0 aliphatic rings. The van der Waals surface area contributed by atoms with Gasteiger partial charge in [0.1, 0.15) is 0 Å². The molecule has 0 atom stereocenters. The van der Waals surface area contributed by atoms with E-state index in [9.17, 15) is 0 Å². The van der Waals surface area contributed by atoms with Crippen molar-refractivity contribution in [2.75, 3.05) is 0 Å². The van der Waals surface area contributed by atoms with Crippen molar-refractivity contribution >= 4 is 22.5 Å². The summed E-state index contributed by atoms with van der Waals surface area (Å²) in [4.78, 5) is 0. The van der Waals surface area contributed by atoms with E-state index >= 15 is 0 Å². The van der Waals surface area contributed by atoms with Crippen LogP contribution in [-0.4, -0.2) is 10.2 Å². The van der Waals surface area contributed by atoms with Crippen molar-refractivity contribution in [3.63, 3.8) is 0 Å². The van der Waals surface area contributed by atoms with Gasteiger partial charge in [-0.2, -0.15) is 0 Å². The molecule has 0 aliphatic carbocycles. The molecular formula is C10H5ClN2. The first-order chi connectivity index (χ1) is 6.33. The average molecular weight is 189 g/mol. The Morgan fingerprint density at radius 1 is 1.23 bits per heavy atom. The number of hydrogen-bond donors (Lipinski definition) is 0. The molecule has 0 unspecified atom stereocenters. The fraction of sp³-hybridized carbons (Fsp3) is 0. The van der Waals surface area contributed by atoms with E-state index in [4.69, 9.17) is 18.0 Å². The largest absolute Gasteiger partial charge is 0.154 e. The summed E-state index contributed by atoms with van der Waals surface area (Å²) in [6, 6.07) is 7.47. The first-order valence-corrected chi connectivity index (χ1v) is 4.08. The van der Waals surface area contributed by atoms with Crippen LogP contribution in [0.5, 0.6) is 0 Å². The number of fused-ring (bicyclic) bond motifs is 1. The highest BCUT2D eigenvalue weighted by molar-refractivity contribution is 6.36. The maximum absolute atomic E-state index is 6.00. The van der Waals surface area contributed by atoms with Crippen molar-refractivity contribution in [1.82, 2.24) is 10.2 Å². The number of hydrogen-bond acceptors (Lipinski definition) is 2. The van der Waals surface area contributed by atoms with Crippen LogP contribution in [0.1, 0.15) is 5.69 Å². The molecule has 0 saturated heterocycles. The number of halogens is 1. The zero-order chi connectivity index (χ0) is 9.26. The van der Waals surface area contributed by atoms with Crippen LogP contribution in [0.3, 0.4) is 0 Å². The maximum atomic E-state index is 6.00. The van der Waals surface area contributed by atoms with E-state index in [1.54, 1.807) is 0 Å². The average Bonchev–Trinajstić information content (AvgIpc) is 2.19. The van der Waals surface area contributed by atoms with Gasteiger partial charge in [-0.25, -0.2) is 0 Å². The smallest absolute Gasteiger partial charge is 0.149 e. The van der Waals surface area contributed by atoms with Crippen LogP contribution >= 0.6 is 11.6 Å². The van der Waals surface area contributed by atoms with Gasteiger partial charge in [0.2, 0.25) is 0 Å². The zero-order valence-electron chi connectivity index (χ0n) is 6.66. The molecular weight excluding hydrogens is 184 g/mol. The summed E-state index contributed by atoms with van der Waals surface area (Å²) in [5.74, 6) is 2.38. The SMILES string of the molecule is C#Cc1nnc2ccccc2c1Cl.